The van der Waals surface area contributed by atoms with E-state index in [0.29, 0.717) is 33.8 Å². The molecule has 1 aromatic heterocycles. The Hall–Kier alpha value is -3.72. The maximum atomic E-state index is 15.0. The predicted molar refractivity (Wildman–Crippen MR) is 156 cm³/mol. The van der Waals surface area contributed by atoms with Crippen LogP contribution >= 0.6 is 15.9 Å². The molecule has 0 spiro atoms. The summed E-state index contributed by atoms with van der Waals surface area (Å²) in [7, 11) is 0. The van der Waals surface area contributed by atoms with Gasteiger partial charge in [-0.05, 0) is 69.5 Å². The summed E-state index contributed by atoms with van der Waals surface area (Å²) in [5.74, 6) is -6.15. The summed E-state index contributed by atoms with van der Waals surface area (Å²) in [4.78, 5) is 32.4. The molecule has 3 aromatic carbocycles. The topological polar surface area (TPSA) is 70.5 Å². The molecule has 0 saturated carbocycles. The zero-order valence-electron chi connectivity index (χ0n) is 23.1. The van der Waals surface area contributed by atoms with Crippen molar-refractivity contribution in [3.05, 3.63) is 99.3 Å². The zero-order valence-corrected chi connectivity index (χ0v) is 24.7. The van der Waals surface area contributed by atoms with Gasteiger partial charge < -0.3 is 10.0 Å². The van der Waals surface area contributed by atoms with E-state index in [4.69, 9.17) is 4.98 Å². The SMILES string of the molecule is Cc1c(-c2ccccc2)nc2ccc(Br)cc2c1C(=O)N(CC(CCC(=O)O)c1cc(F)cc(F)c1F)C(C)(C)C. The third-order valence-electron chi connectivity index (χ3n) is 7.08. The van der Waals surface area contributed by atoms with Gasteiger partial charge in [-0.25, -0.2) is 18.2 Å². The number of amides is 1. The molecule has 5 nitrogen and oxygen atoms in total. The number of aromatic nitrogens is 1. The number of halogens is 4. The largest absolute Gasteiger partial charge is 0.481 e. The number of carboxylic acid groups (broad SMARTS) is 1. The van der Waals surface area contributed by atoms with Crippen LogP contribution in [0, 0.1) is 24.4 Å². The molecule has 0 aliphatic heterocycles. The van der Waals surface area contributed by atoms with Crippen molar-refractivity contribution in [1.29, 1.82) is 0 Å². The van der Waals surface area contributed by atoms with Crippen LogP contribution in [0.4, 0.5) is 13.2 Å². The van der Waals surface area contributed by atoms with E-state index in [2.05, 4.69) is 15.9 Å². The van der Waals surface area contributed by atoms with Gasteiger partial charge in [0, 0.05) is 45.9 Å². The first-order valence-corrected chi connectivity index (χ1v) is 13.9. The highest BCUT2D eigenvalue weighted by molar-refractivity contribution is 9.10. The number of hydrogen-bond donors (Lipinski definition) is 1. The fraction of sp³-hybridized carbons (Fsp3) is 0.281. The van der Waals surface area contributed by atoms with Crippen LogP contribution in [0.2, 0.25) is 0 Å². The Morgan fingerprint density at radius 1 is 1.02 bits per heavy atom. The number of pyridine rings is 1. The van der Waals surface area contributed by atoms with Crippen molar-refractivity contribution >= 4 is 38.7 Å². The van der Waals surface area contributed by atoms with E-state index < -0.39 is 40.8 Å². The summed E-state index contributed by atoms with van der Waals surface area (Å²) in [5, 5.41) is 9.95. The van der Waals surface area contributed by atoms with E-state index in [1.165, 1.54) is 4.90 Å². The highest BCUT2D eigenvalue weighted by Gasteiger charge is 2.34. The molecular formula is C32H30BrF3N2O3. The maximum absolute atomic E-state index is 15.0. The fourth-order valence-electron chi connectivity index (χ4n) is 5.02. The Labute approximate surface area is 245 Å². The molecule has 1 heterocycles. The average Bonchev–Trinajstić information content (AvgIpc) is 2.90. The molecule has 1 unspecified atom stereocenters. The number of benzene rings is 3. The normalized spacial score (nSPS) is 12.4. The van der Waals surface area contributed by atoms with Gasteiger partial charge in [-0.1, -0.05) is 46.3 Å². The number of carbonyl (C=O) groups excluding carboxylic acids is 1. The predicted octanol–water partition coefficient (Wildman–Crippen LogP) is 8.28. The molecule has 0 saturated heterocycles. The van der Waals surface area contributed by atoms with E-state index in [1.807, 2.05) is 55.5 Å². The van der Waals surface area contributed by atoms with Gasteiger partial charge in [-0.15, -0.1) is 0 Å². The minimum absolute atomic E-state index is 0.133. The molecule has 4 rings (SSSR count). The van der Waals surface area contributed by atoms with Crippen molar-refractivity contribution < 1.29 is 27.9 Å². The standard InChI is InChI=1S/C32H30BrF3N2O3/c1-18-28(24-14-21(33)11-12-26(24)37-30(18)19-8-6-5-7-9-19)31(41)38(32(2,3)4)17-20(10-13-27(39)40)23-15-22(34)16-25(35)29(23)36/h5-9,11-12,14-16,20H,10,13,17H2,1-4H3,(H,39,40). The second-order valence-corrected chi connectivity index (χ2v) is 11.9. The number of hydrogen-bond acceptors (Lipinski definition) is 3. The summed E-state index contributed by atoms with van der Waals surface area (Å²) in [6.45, 7) is 7.04. The van der Waals surface area contributed by atoms with Gasteiger partial charge in [0.1, 0.15) is 5.82 Å². The molecule has 9 heteroatoms. The Balaban J connectivity index is 1.90. The molecular weight excluding hydrogens is 597 g/mol. The first kappa shape index (κ1) is 30.2. The second kappa shape index (κ2) is 12.0. The van der Waals surface area contributed by atoms with Crippen molar-refractivity contribution in [2.75, 3.05) is 6.54 Å². The van der Waals surface area contributed by atoms with Gasteiger partial charge in [0.25, 0.3) is 5.91 Å². The van der Waals surface area contributed by atoms with Gasteiger partial charge in [0.05, 0.1) is 16.8 Å². The highest BCUT2D eigenvalue weighted by Crippen LogP contribution is 2.35. The van der Waals surface area contributed by atoms with E-state index in [1.54, 1.807) is 20.8 Å². The van der Waals surface area contributed by atoms with Crippen LogP contribution in [-0.2, 0) is 4.79 Å². The van der Waals surface area contributed by atoms with Gasteiger partial charge in [0.2, 0.25) is 0 Å². The number of fused-ring (bicyclic) bond motifs is 1. The molecule has 0 radical (unpaired) electrons. The lowest BCUT2D eigenvalue weighted by molar-refractivity contribution is -0.137. The Morgan fingerprint density at radius 3 is 2.34 bits per heavy atom. The van der Waals surface area contributed by atoms with Gasteiger partial charge in [-0.2, -0.15) is 0 Å². The van der Waals surface area contributed by atoms with E-state index in [9.17, 15) is 27.9 Å². The van der Waals surface area contributed by atoms with Gasteiger partial charge in [-0.3, -0.25) is 9.59 Å². The molecule has 214 valence electrons. The van der Waals surface area contributed by atoms with Gasteiger partial charge in [0.15, 0.2) is 11.6 Å². The van der Waals surface area contributed by atoms with Crippen LogP contribution in [0.1, 0.15) is 61.0 Å². The monoisotopic (exact) mass is 626 g/mol. The molecule has 0 aliphatic rings. The van der Waals surface area contributed by atoms with Crippen molar-refractivity contribution in [3.8, 4) is 11.3 Å². The molecule has 4 aromatic rings. The van der Waals surface area contributed by atoms with Gasteiger partial charge >= 0.3 is 5.97 Å². The average molecular weight is 628 g/mol. The lowest BCUT2D eigenvalue weighted by Crippen LogP contribution is -2.48. The van der Waals surface area contributed by atoms with Crippen molar-refractivity contribution in [3.63, 3.8) is 0 Å². The zero-order chi connectivity index (χ0) is 30.1. The molecule has 1 amide bonds. The minimum Gasteiger partial charge on any atom is -0.481 e. The Bertz CT molecular complexity index is 1620. The maximum Gasteiger partial charge on any atom is 0.303 e. The first-order valence-electron chi connectivity index (χ1n) is 13.1. The third kappa shape index (κ3) is 6.62. The lowest BCUT2D eigenvalue weighted by Gasteiger charge is -2.39. The summed E-state index contributed by atoms with van der Waals surface area (Å²) in [5.41, 5.74) is 1.91. The molecule has 0 aliphatic carbocycles. The van der Waals surface area contributed by atoms with Crippen molar-refractivity contribution in [1.82, 2.24) is 9.88 Å². The van der Waals surface area contributed by atoms with Crippen molar-refractivity contribution in [2.24, 2.45) is 0 Å². The van der Waals surface area contributed by atoms with Crippen LogP contribution in [-0.4, -0.2) is 39.0 Å². The summed E-state index contributed by atoms with van der Waals surface area (Å²) < 4.78 is 44.2. The molecule has 41 heavy (non-hydrogen) atoms. The smallest absolute Gasteiger partial charge is 0.303 e. The Kier molecular flexibility index (Phi) is 8.87. The van der Waals surface area contributed by atoms with E-state index >= 15 is 0 Å². The molecule has 1 atom stereocenters. The van der Waals surface area contributed by atoms with Crippen molar-refractivity contribution in [2.45, 2.75) is 52.0 Å². The molecule has 0 fully saturated rings. The molecule has 0 bridgehead atoms. The van der Waals surface area contributed by atoms with Crippen LogP contribution < -0.4 is 0 Å². The summed E-state index contributed by atoms with van der Waals surface area (Å²) in [6, 6.07) is 16.2. The Morgan fingerprint density at radius 2 is 1.71 bits per heavy atom. The summed E-state index contributed by atoms with van der Waals surface area (Å²) >= 11 is 3.49. The van der Waals surface area contributed by atoms with E-state index in [-0.39, 0.29) is 24.9 Å². The first-order chi connectivity index (χ1) is 19.3. The van der Waals surface area contributed by atoms with Crippen LogP contribution in [0.25, 0.3) is 22.2 Å². The molecule has 1 N–H and O–H groups in total. The third-order valence-corrected chi connectivity index (χ3v) is 7.57. The number of nitrogens with zero attached hydrogens (tertiary/aromatic N) is 2. The number of rotatable bonds is 8. The highest BCUT2D eigenvalue weighted by atomic mass is 79.9. The van der Waals surface area contributed by atoms with Crippen LogP contribution in [0.15, 0.2) is 65.1 Å². The quantitative estimate of drug-likeness (QED) is 0.200. The minimum atomic E-state index is -1.37. The number of carboxylic acids is 1. The number of aliphatic carboxylic acids is 1. The van der Waals surface area contributed by atoms with Crippen LogP contribution in [0.3, 0.4) is 0 Å². The van der Waals surface area contributed by atoms with Crippen LogP contribution in [0.5, 0.6) is 0 Å². The summed E-state index contributed by atoms with van der Waals surface area (Å²) in [6.07, 6.45) is -0.511. The lowest BCUT2D eigenvalue weighted by atomic mass is 9.89. The number of carbonyl (C=O) groups is 2. The second-order valence-electron chi connectivity index (χ2n) is 11.0. The van der Waals surface area contributed by atoms with E-state index in [0.717, 1.165) is 16.1 Å². The fourth-order valence-corrected chi connectivity index (χ4v) is 5.38.